The smallest absolute Gasteiger partial charge is 0.416 e. The van der Waals surface area contributed by atoms with Gasteiger partial charge in [0.15, 0.2) is 0 Å². The number of amides is 2. The van der Waals surface area contributed by atoms with Crippen molar-refractivity contribution in [3.8, 4) is 5.75 Å². The topological polar surface area (TPSA) is 61.9 Å². The molecular weight excluding hydrogens is 387 g/mol. The first-order chi connectivity index (χ1) is 13.8. The number of anilines is 2. The predicted molar refractivity (Wildman–Crippen MR) is 102 cm³/mol. The van der Waals surface area contributed by atoms with Gasteiger partial charge >= 0.3 is 18.0 Å². The van der Waals surface area contributed by atoms with Gasteiger partial charge in [0.2, 0.25) is 0 Å². The molecule has 1 aliphatic heterocycles. The molecule has 29 heavy (non-hydrogen) atoms. The Hall–Kier alpha value is -3.23. The van der Waals surface area contributed by atoms with E-state index in [1.54, 1.807) is 7.11 Å². The zero-order valence-electron chi connectivity index (χ0n) is 15.7. The van der Waals surface area contributed by atoms with Gasteiger partial charge in [-0.1, -0.05) is 18.2 Å². The SMILES string of the molecule is COc1ccccc1N1CCN(C(=O)C(=O)Nc2cccc(C(F)(F)F)c2)CC1. The van der Waals surface area contributed by atoms with Crippen molar-refractivity contribution in [2.24, 2.45) is 0 Å². The van der Waals surface area contributed by atoms with Crippen LogP contribution in [0.2, 0.25) is 0 Å². The molecule has 6 nitrogen and oxygen atoms in total. The van der Waals surface area contributed by atoms with Crippen molar-refractivity contribution < 1.29 is 27.5 Å². The van der Waals surface area contributed by atoms with E-state index in [1.807, 2.05) is 29.2 Å². The number of methoxy groups -OCH3 is 1. The highest BCUT2D eigenvalue weighted by molar-refractivity contribution is 6.39. The van der Waals surface area contributed by atoms with Crippen LogP contribution in [-0.2, 0) is 15.8 Å². The van der Waals surface area contributed by atoms with E-state index in [4.69, 9.17) is 4.74 Å². The molecule has 0 radical (unpaired) electrons. The van der Waals surface area contributed by atoms with Gasteiger partial charge in [-0.25, -0.2) is 0 Å². The highest BCUT2D eigenvalue weighted by atomic mass is 19.4. The van der Waals surface area contributed by atoms with E-state index in [0.717, 1.165) is 23.6 Å². The third-order valence-electron chi connectivity index (χ3n) is 4.63. The molecule has 0 aliphatic carbocycles. The van der Waals surface area contributed by atoms with E-state index in [2.05, 4.69) is 5.32 Å². The van der Waals surface area contributed by atoms with Crippen LogP contribution in [0.25, 0.3) is 0 Å². The lowest BCUT2D eigenvalue weighted by Crippen LogP contribution is -2.51. The van der Waals surface area contributed by atoms with Crippen LogP contribution in [0.1, 0.15) is 5.56 Å². The Morgan fingerprint density at radius 3 is 2.34 bits per heavy atom. The zero-order chi connectivity index (χ0) is 21.0. The molecule has 3 rings (SSSR count). The van der Waals surface area contributed by atoms with E-state index in [1.165, 1.54) is 17.0 Å². The molecule has 1 N–H and O–H groups in total. The predicted octanol–water partition coefficient (Wildman–Crippen LogP) is 3.00. The fraction of sp³-hybridized carbons (Fsp3) is 0.300. The summed E-state index contributed by atoms with van der Waals surface area (Å²) in [6, 6.07) is 11.7. The maximum absolute atomic E-state index is 12.8. The van der Waals surface area contributed by atoms with Crippen LogP contribution >= 0.6 is 0 Å². The molecule has 0 unspecified atom stereocenters. The van der Waals surface area contributed by atoms with E-state index in [0.29, 0.717) is 26.2 Å². The summed E-state index contributed by atoms with van der Waals surface area (Å²) in [5.74, 6) is -1.02. The van der Waals surface area contributed by atoms with E-state index >= 15 is 0 Å². The number of halogens is 3. The number of rotatable bonds is 3. The number of carbonyl (C=O) groups is 2. The molecule has 0 aromatic heterocycles. The van der Waals surface area contributed by atoms with E-state index in [-0.39, 0.29) is 5.69 Å². The first-order valence-corrected chi connectivity index (χ1v) is 8.95. The number of nitrogens with zero attached hydrogens (tertiary/aromatic N) is 2. The second-order valence-corrected chi connectivity index (χ2v) is 6.48. The molecule has 0 atom stereocenters. The second-order valence-electron chi connectivity index (χ2n) is 6.48. The average molecular weight is 407 g/mol. The monoisotopic (exact) mass is 407 g/mol. The Morgan fingerprint density at radius 1 is 1.00 bits per heavy atom. The molecule has 0 bridgehead atoms. The largest absolute Gasteiger partial charge is 0.495 e. The Labute approximate surface area is 165 Å². The van der Waals surface area contributed by atoms with E-state index < -0.39 is 23.6 Å². The summed E-state index contributed by atoms with van der Waals surface area (Å²) < 4.78 is 43.7. The van der Waals surface area contributed by atoms with Crippen LogP contribution < -0.4 is 15.0 Å². The summed E-state index contributed by atoms with van der Waals surface area (Å²) in [6.07, 6.45) is -4.53. The fourth-order valence-corrected chi connectivity index (χ4v) is 3.14. The second kappa shape index (κ2) is 8.42. The maximum Gasteiger partial charge on any atom is 0.416 e. The number of hydrogen-bond acceptors (Lipinski definition) is 4. The standard InChI is InChI=1S/C20H20F3N3O3/c1-29-17-8-3-2-7-16(17)25-9-11-26(12-10-25)19(28)18(27)24-15-6-4-5-14(13-15)20(21,22)23/h2-8,13H,9-12H2,1H3,(H,24,27). The highest BCUT2D eigenvalue weighted by Crippen LogP contribution is 2.31. The first-order valence-electron chi connectivity index (χ1n) is 8.95. The normalized spacial score (nSPS) is 14.5. The molecule has 1 saturated heterocycles. The van der Waals surface area contributed by atoms with Crippen molar-refractivity contribution in [1.29, 1.82) is 0 Å². The molecular formula is C20H20F3N3O3. The lowest BCUT2D eigenvalue weighted by Gasteiger charge is -2.36. The van der Waals surface area contributed by atoms with Crippen molar-refractivity contribution in [3.05, 3.63) is 54.1 Å². The summed E-state index contributed by atoms with van der Waals surface area (Å²) >= 11 is 0. The van der Waals surface area contributed by atoms with Crippen molar-refractivity contribution in [2.45, 2.75) is 6.18 Å². The molecule has 2 amide bonds. The average Bonchev–Trinajstić information content (AvgIpc) is 2.73. The Bertz CT molecular complexity index is 894. The van der Waals surface area contributed by atoms with Crippen LogP contribution in [0.15, 0.2) is 48.5 Å². The van der Waals surface area contributed by atoms with Gasteiger partial charge in [0.05, 0.1) is 18.4 Å². The maximum atomic E-state index is 12.8. The van der Waals surface area contributed by atoms with Gasteiger partial charge in [0.1, 0.15) is 5.75 Å². The van der Waals surface area contributed by atoms with Crippen molar-refractivity contribution in [3.63, 3.8) is 0 Å². The fourth-order valence-electron chi connectivity index (χ4n) is 3.14. The summed E-state index contributed by atoms with van der Waals surface area (Å²) in [6.45, 7) is 1.63. The van der Waals surface area contributed by atoms with Crippen LogP contribution in [0, 0.1) is 0 Å². The number of nitrogens with one attached hydrogen (secondary N) is 1. The summed E-state index contributed by atoms with van der Waals surface area (Å²) in [7, 11) is 1.58. The molecule has 0 saturated carbocycles. The molecule has 1 fully saturated rings. The lowest BCUT2D eigenvalue weighted by atomic mass is 10.2. The van der Waals surface area contributed by atoms with Crippen LogP contribution in [-0.4, -0.2) is 50.0 Å². The van der Waals surface area contributed by atoms with Gasteiger partial charge < -0.3 is 19.9 Å². The third-order valence-corrected chi connectivity index (χ3v) is 4.63. The summed E-state index contributed by atoms with van der Waals surface area (Å²) in [5.41, 5.74) is -0.0745. The number of para-hydroxylation sites is 2. The van der Waals surface area contributed by atoms with Crippen molar-refractivity contribution >= 4 is 23.2 Å². The van der Waals surface area contributed by atoms with Crippen LogP contribution in [0.5, 0.6) is 5.75 Å². The Morgan fingerprint density at radius 2 is 1.69 bits per heavy atom. The zero-order valence-corrected chi connectivity index (χ0v) is 15.7. The molecule has 2 aromatic carbocycles. The third kappa shape index (κ3) is 4.79. The Kier molecular flexibility index (Phi) is 5.95. The van der Waals surface area contributed by atoms with Gasteiger partial charge in [-0.2, -0.15) is 13.2 Å². The summed E-state index contributed by atoms with van der Waals surface area (Å²) in [4.78, 5) is 28.0. The number of carbonyl (C=O) groups excluding carboxylic acids is 2. The quantitative estimate of drug-likeness (QED) is 0.795. The number of ether oxygens (including phenoxy) is 1. The molecule has 2 aromatic rings. The van der Waals surface area contributed by atoms with Gasteiger partial charge in [-0.15, -0.1) is 0 Å². The number of hydrogen-bond donors (Lipinski definition) is 1. The lowest BCUT2D eigenvalue weighted by molar-refractivity contribution is -0.143. The van der Waals surface area contributed by atoms with Gasteiger partial charge in [0, 0.05) is 31.9 Å². The number of alkyl halides is 3. The molecule has 9 heteroatoms. The minimum atomic E-state index is -4.53. The van der Waals surface area contributed by atoms with E-state index in [9.17, 15) is 22.8 Å². The number of benzene rings is 2. The first kappa shape index (κ1) is 20.5. The minimum absolute atomic E-state index is 0.0779. The molecule has 1 heterocycles. The van der Waals surface area contributed by atoms with Gasteiger partial charge in [-0.05, 0) is 30.3 Å². The molecule has 154 valence electrons. The minimum Gasteiger partial charge on any atom is -0.495 e. The van der Waals surface area contributed by atoms with Gasteiger partial charge in [-0.3, -0.25) is 9.59 Å². The van der Waals surface area contributed by atoms with Gasteiger partial charge in [0.25, 0.3) is 0 Å². The summed E-state index contributed by atoms with van der Waals surface area (Å²) in [5, 5.41) is 2.25. The highest BCUT2D eigenvalue weighted by Gasteiger charge is 2.31. The van der Waals surface area contributed by atoms with Crippen LogP contribution in [0.3, 0.4) is 0 Å². The Balaban J connectivity index is 1.60. The van der Waals surface area contributed by atoms with Crippen molar-refractivity contribution in [1.82, 2.24) is 4.90 Å². The number of piperazine rings is 1. The molecule has 1 aliphatic rings. The van der Waals surface area contributed by atoms with Crippen LogP contribution in [0.4, 0.5) is 24.5 Å². The van der Waals surface area contributed by atoms with Crippen molar-refractivity contribution in [2.75, 3.05) is 43.5 Å². The molecule has 0 spiro atoms.